The Balaban J connectivity index is 1.57. The topological polar surface area (TPSA) is 77.2 Å². The van der Waals surface area contributed by atoms with E-state index in [1.165, 1.54) is 5.56 Å². The van der Waals surface area contributed by atoms with Gasteiger partial charge in [-0.05, 0) is 87.1 Å². The van der Waals surface area contributed by atoms with E-state index in [9.17, 15) is 9.59 Å². The molecule has 3 N–H and O–H groups in total. The van der Waals surface area contributed by atoms with Crippen molar-refractivity contribution in [2.45, 2.75) is 46.0 Å². The second-order valence-electron chi connectivity index (χ2n) is 8.42. The number of benzene rings is 1. The molecule has 32 heavy (non-hydrogen) atoms. The number of nitrogens with one attached hydrogen (secondary N) is 3. The lowest BCUT2D eigenvalue weighted by Gasteiger charge is -2.17. The van der Waals surface area contributed by atoms with Crippen molar-refractivity contribution in [1.82, 2.24) is 15.2 Å². The van der Waals surface area contributed by atoms with Gasteiger partial charge in [0, 0.05) is 28.0 Å². The number of halogens is 1. The normalized spacial score (nSPS) is 16.2. The molecule has 1 aromatic heterocycles. The van der Waals surface area contributed by atoms with E-state index in [1.54, 1.807) is 0 Å². The fraction of sp³-hybridized carbons (Fsp3) is 0.440. The van der Waals surface area contributed by atoms with E-state index < -0.39 is 0 Å². The number of hydrogen-bond donors (Lipinski definition) is 3. The number of fused-ring (bicyclic) bond motifs is 2. The first-order chi connectivity index (χ1) is 15.5. The molecule has 1 aliphatic carbocycles. The lowest BCUT2D eigenvalue weighted by atomic mass is 9.91. The molecule has 170 valence electrons. The van der Waals surface area contributed by atoms with Crippen LogP contribution in [0.25, 0.3) is 11.6 Å². The van der Waals surface area contributed by atoms with Gasteiger partial charge in [0.1, 0.15) is 5.69 Å². The molecule has 0 radical (unpaired) electrons. The molecular weight excluding hydrogens is 468 g/mol. The van der Waals surface area contributed by atoms with Crippen molar-refractivity contribution in [1.29, 1.82) is 0 Å². The summed E-state index contributed by atoms with van der Waals surface area (Å²) in [4.78, 5) is 31.4. The third-order valence-corrected chi connectivity index (χ3v) is 6.96. The van der Waals surface area contributed by atoms with Crippen LogP contribution in [0.3, 0.4) is 0 Å². The molecule has 0 spiro atoms. The van der Waals surface area contributed by atoms with Crippen LogP contribution >= 0.6 is 15.9 Å². The lowest BCUT2D eigenvalue weighted by molar-refractivity contribution is -0.110. The Labute approximate surface area is 198 Å². The maximum atomic E-state index is 13.0. The van der Waals surface area contributed by atoms with Gasteiger partial charge in [-0.1, -0.05) is 29.8 Å². The molecular formula is C25H31BrN4O2. The minimum absolute atomic E-state index is 0.0497. The minimum atomic E-state index is -0.111. The van der Waals surface area contributed by atoms with Crippen molar-refractivity contribution in [3.8, 4) is 0 Å². The number of carbonyl (C=O) groups excluding carboxylic acids is 2. The quantitative estimate of drug-likeness (QED) is 0.367. The van der Waals surface area contributed by atoms with Gasteiger partial charge >= 0.3 is 0 Å². The molecule has 0 atom stereocenters. The van der Waals surface area contributed by atoms with Crippen molar-refractivity contribution >= 4 is 45.1 Å². The molecule has 0 saturated heterocycles. The summed E-state index contributed by atoms with van der Waals surface area (Å²) in [6, 6.07) is 5.78. The molecule has 0 bridgehead atoms. The molecule has 6 nitrogen and oxygen atoms in total. The van der Waals surface area contributed by atoms with Crippen LogP contribution in [0.4, 0.5) is 5.69 Å². The molecule has 4 rings (SSSR count). The summed E-state index contributed by atoms with van der Waals surface area (Å²) in [5, 5.41) is 6.02. The van der Waals surface area contributed by atoms with Crippen LogP contribution in [-0.2, 0) is 17.6 Å². The Morgan fingerprint density at radius 2 is 1.94 bits per heavy atom. The predicted octanol–water partition coefficient (Wildman–Crippen LogP) is 4.61. The molecule has 2 aromatic rings. The molecule has 7 heteroatoms. The van der Waals surface area contributed by atoms with Crippen molar-refractivity contribution in [3.05, 3.63) is 50.8 Å². The first-order valence-electron chi connectivity index (χ1n) is 11.6. The fourth-order valence-corrected chi connectivity index (χ4v) is 5.02. The molecule has 0 saturated carbocycles. The maximum absolute atomic E-state index is 13.0. The largest absolute Gasteiger partial charge is 0.351 e. The number of aromatic nitrogens is 1. The average Bonchev–Trinajstić information content (AvgIpc) is 3.32. The van der Waals surface area contributed by atoms with Crippen LogP contribution in [0.1, 0.15) is 66.0 Å². The number of carbonyl (C=O) groups is 2. The number of hydrogen-bond acceptors (Lipinski definition) is 3. The van der Waals surface area contributed by atoms with Gasteiger partial charge in [0.25, 0.3) is 11.8 Å². The Bertz CT molecular complexity index is 1050. The number of nitrogens with zero attached hydrogens (tertiary/aromatic N) is 1. The highest BCUT2D eigenvalue weighted by Gasteiger charge is 2.27. The van der Waals surface area contributed by atoms with E-state index in [0.29, 0.717) is 17.8 Å². The third kappa shape index (κ3) is 4.69. The fourth-order valence-electron chi connectivity index (χ4n) is 4.66. The summed E-state index contributed by atoms with van der Waals surface area (Å²) in [5.74, 6) is -0.161. The van der Waals surface area contributed by atoms with Gasteiger partial charge in [-0.15, -0.1) is 0 Å². The number of H-pyrrole nitrogens is 1. The monoisotopic (exact) mass is 498 g/mol. The molecule has 2 heterocycles. The van der Waals surface area contributed by atoms with Gasteiger partial charge in [0.2, 0.25) is 0 Å². The van der Waals surface area contributed by atoms with E-state index in [-0.39, 0.29) is 11.8 Å². The van der Waals surface area contributed by atoms with Gasteiger partial charge in [-0.2, -0.15) is 0 Å². The Morgan fingerprint density at radius 1 is 1.19 bits per heavy atom. The van der Waals surface area contributed by atoms with E-state index in [4.69, 9.17) is 0 Å². The number of aromatic amines is 1. The first-order valence-corrected chi connectivity index (χ1v) is 12.4. The summed E-state index contributed by atoms with van der Waals surface area (Å²) in [6.07, 6.45) is 6.84. The second kappa shape index (κ2) is 10.0. The maximum Gasteiger partial charge on any atom is 0.268 e. The molecule has 1 aromatic carbocycles. The smallest absolute Gasteiger partial charge is 0.268 e. The highest BCUT2D eigenvalue weighted by Crippen LogP contribution is 2.37. The molecule has 1 aliphatic heterocycles. The second-order valence-corrected chi connectivity index (χ2v) is 9.33. The van der Waals surface area contributed by atoms with Crippen molar-refractivity contribution in [2.75, 3.05) is 31.5 Å². The standard InChI is InChI=1S/C25H31BrN4O2/c1-3-30(4-2)13-7-12-27-25(32)23-18-9-6-5-8-17(18)22(28-23)15-20-19-14-16(26)10-11-21(19)29-24(20)31/h10-11,14-15,28H,3-9,12-13H2,1-2H3,(H,27,32)(H,29,31). The van der Waals surface area contributed by atoms with Crippen molar-refractivity contribution in [2.24, 2.45) is 0 Å². The predicted molar refractivity (Wildman–Crippen MR) is 133 cm³/mol. The summed E-state index contributed by atoms with van der Waals surface area (Å²) >= 11 is 3.50. The lowest BCUT2D eigenvalue weighted by Crippen LogP contribution is -2.30. The molecule has 2 amide bonds. The SMILES string of the molecule is CCN(CC)CCCNC(=O)c1[nH]c(C=C2C(=O)Nc3ccc(Br)cc32)c2c1CCCC2. The van der Waals surface area contributed by atoms with Crippen molar-refractivity contribution < 1.29 is 9.59 Å². The van der Waals surface area contributed by atoms with Crippen LogP contribution in [-0.4, -0.2) is 47.9 Å². The third-order valence-electron chi connectivity index (χ3n) is 6.47. The highest BCUT2D eigenvalue weighted by molar-refractivity contribution is 9.10. The van der Waals surface area contributed by atoms with Gasteiger partial charge in [0.15, 0.2) is 0 Å². The Hall–Kier alpha value is -2.38. The Kier molecular flexibility index (Phi) is 7.16. The van der Waals surface area contributed by atoms with Crippen LogP contribution in [0.5, 0.6) is 0 Å². The highest BCUT2D eigenvalue weighted by atomic mass is 79.9. The van der Waals surface area contributed by atoms with Crippen LogP contribution in [0.15, 0.2) is 22.7 Å². The van der Waals surface area contributed by atoms with Gasteiger partial charge in [0.05, 0.1) is 5.57 Å². The average molecular weight is 499 g/mol. The zero-order valence-electron chi connectivity index (χ0n) is 18.8. The van der Waals surface area contributed by atoms with Gasteiger partial charge < -0.3 is 20.5 Å². The zero-order valence-corrected chi connectivity index (χ0v) is 20.4. The molecule has 2 aliphatic rings. The summed E-state index contributed by atoms with van der Waals surface area (Å²) < 4.78 is 0.928. The zero-order chi connectivity index (χ0) is 22.7. The van der Waals surface area contributed by atoms with Crippen molar-refractivity contribution in [3.63, 3.8) is 0 Å². The first kappa shape index (κ1) is 22.8. The number of amides is 2. The molecule has 0 unspecified atom stereocenters. The van der Waals surface area contributed by atoms with Crippen LogP contribution < -0.4 is 10.6 Å². The van der Waals surface area contributed by atoms with Gasteiger partial charge in [-0.3, -0.25) is 9.59 Å². The minimum Gasteiger partial charge on any atom is -0.351 e. The summed E-state index contributed by atoms with van der Waals surface area (Å²) in [5.41, 5.74) is 6.14. The van der Waals surface area contributed by atoms with E-state index in [2.05, 4.69) is 50.3 Å². The number of rotatable bonds is 8. The van der Waals surface area contributed by atoms with Crippen LogP contribution in [0, 0.1) is 0 Å². The van der Waals surface area contributed by atoms with E-state index >= 15 is 0 Å². The van der Waals surface area contributed by atoms with E-state index in [1.807, 2.05) is 24.3 Å². The Morgan fingerprint density at radius 3 is 2.69 bits per heavy atom. The van der Waals surface area contributed by atoms with Gasteiger partial charge in [-0.25, -0.2) is 0 Å². The summed E-state index contributed by atoms with van der Waals surface area (Å²) in [7, 11) is 0. The summed E-state index contributed by atoms with van der Waals surface area (Å²) in [6.45, 7) is 8.01. The van der Waals surface area contributed by atoms with E-state index in [0.717, 1.165) is 78.7 Å². The molecule has 0 fully saturated rings. The number of anilines is 1. The van der Waals surface area contributed by atoms with Crippen LogP contribution in [0.2, 0.25) is 0 Å².